The fourth-order valence-electron chi connectivity index (χ4n) is 2.01. The largest absolute Gasteiger partial charge is 0.480 e. The number of rotatable bonds is 5. The first-order valence-electron chi connectivity index (χ1n) is 7.48. The first kappa shape index (κ1) is 17.5. The number of hydrogen-bond donors (Lipinski definition) is 2. The van der Waals surface area contributed by atoms with Crippen molar-refractivity contribution in [2.45, 2.75) is 38.8 Å². The summed E-state index contributed by atoms with van der Waals surface area (Å²) in [4.78, 5) is 23.1. The molecule has 0 bridgehead atoms. The van der Waals surface area contributed by atoms with Crippen molar-refractivity contribution in [1.82, 2.24) is 10.5 Å². The Hall–Kier alpha value is -2.83. The van der Waals surface area contributed by atoms with E-state index in [0.717, 1.165) is 5.56 Å². The maximum absolute atomic E-state index is 11.7. The second-order valence-corrected chi connectivity index (χ2v) is 6.29. The van der Waals surface area contributed by atoms with Crippen molar-refractivity contribution < 1.29 is 24.0 Å². The second-order valence-electron chi connectivity index (χ2n) is 6.29. The van der Waals surface area contributed by atoms with Gasteiger partial charge in [-0.05, 0) is 20.8 Å². The fourth-order valence-corrected chi connectivity index (χ4v) is 2.01. The van der Waals surface area contributed by atoms with Crippen LogP contribution in [0.3, 0.4) is 0 Å². The minimum Gasteiger partial charge on any atom is -0.480 e. The van der Waals surface area contributed by atoms with Crippen LogP contribution < -0.4 is 5.32 Å². The number of carboxylic acids is 1. The lowest BCUT2D eigenvalue weighted by Gasteiger charge is -2.21. The van der Waals surface area contributed by atoms with Gasteiger partial charge in [-0.15, -0.1) is 0 Å². The number of nitrogens with zero attached hydrogens (tertiary/aromatic N) is 1. The summed E-state index contributed by atoms with van der Waals surface area (Å²) in [5, 5.41) is 15.5. The molecule has 1 aromatic heterocycles. The van der Waals surface area contributed by atoms with Crippen LogP contribution in [0.2, 0.25) is 0 Å². The number of hydrogen-bond acceptors (Lipinski definition) is 5. The standard InChI is InChI=1S/C17H20N2O5/c1-17(2,3)23-16(22)18-13(15(20)21)9-12-10-14(24-19-12)11-7-5-4-6-8-11/h4-8,10,13H,9H2,1-3H3,(H,18,22)(H,20,21). The van der Waals surface area contributed by atoms with E-state index in [1.54, 1.807) is 26.8 Å². The van der Waals surface area contributed by atoms with Crippen LogP contribution in [0.4, 0.5) is 4.79 Å². The van der Waals surface area contributed by atoms with Crippen molar-refractivity contribution in [3.63, 3.8) is 0 Å². The average molecular weight is 332 g/mol. The molecule has 24 heavy (non-hydrogen) atoms. The predicted molar refractivity (Wildman–Crippen MR) is 86.4 cm³/mol. The zero-order valence-electron chi connectivity index (χ0n) is 13.8. The van der Waals surface area contributed by atoms with Crippen LogP contribution in [0.15, 0.2) is 40.9 Å². The molecular formula is C17H20N2O5. The average Bonchev–Trinajstić information content (AvgIpc) is 2.94. The molecule has 2 rings (SSSR count). The Kier molecular flexibility index (Phi) is 5.23. The second kappa shape index (κ2) is 7.16. The summed E-state index contributed by atoms with van der Waals surface area (Å²) in [6.45, 7) is 5.10. The van der Waals surface area contributed by atoms with Crippen LogP contribution in [0.5, 0.6) is 0 Å². The molecule has 1 amide bonds. The molecule has 7 nitrogen and oxygen atoms in total. The molecule has 2 N–H and O–H groups in total. The van der Waals surface area contributed by atoms with Crippen molar-refractivity contribution in [2.75, 3.05) is 0 Å². The zero-order valence-corrected chi connectivity index (χ0v) is 13.8. The molecule has 0 fully saturated rings. The fraction of sp³-hybridized carbons (Fsp3) is 0.353. The molecule has 0 saturated carbocycles. The van der Waals surface area contributed by atoms with Gasteiger partial charge in [-0.25, -0.2) is 9.59 Å². The Balaban J connectivity index is 2.05. The third kappa shape index (κ3) is 5.12. The number of aromatic nitrogens is 1. The lowest BCUT2D eigenvalue weighted by Crippen LogP contribution is -2.44. The Morgan fingerprint density at radius 3 is 2.54 bits per heavy atom. The lowest BCUT2D eigenvalue weighted by molar-refractivity contribution is -0.139. The molecule has 1 atom stereocenters. The number of nitrogens with one attached hydrogen (secondary N) is 1. The van der Waals surface area contributed by atoms with E-state index < -0.39 is 23.7 Å². The van der Waals surface area contributed by atoms with Gasteiger partial charge in [0.15, 0.2) is 5.76 Å². The highest BCUT2D eigenvalue weighted by molar-refractivity contribution is 5.80. The molecule has 0 aliphatic heterocycles. The molecule has 1 heterocycles. The number of benzene rings is 1. The number of ether oxygens (including phenoxy) is 1. The SMILES string of the molecule is CC(C)(C)OC(=O)NC(Cc1cc(-c2ccccc2)on1)C(=O)O. The molecule has 0 spiro atoms. The van der Waals surface area contributed by atoms with Gasteiger partial charge in [0.05, 0.1) is 5.69 Å². The topological polar surface area (TPSA) is 102 Å². The third-order valence-corrected chi connectivity index (χ3v) is 3.02. The quantitative estimate of drug-likeness (QED) is 0.873. The van der Waals surface area contributed by atoms with Gasteiger partial charge in [-0.1, -0.05) is 35.5 Å². The number of aliphatic carboxylic acids is 1. The van der Waals surface area contributed by atoms with Crippen molar-refractivity contribution in [3.05, 3.63) is 42.1 Å². The molecule has 0 radical (unpaired) electrons. The molecule has 0 aliphatic rings. The smallest absolute Gasteiger partial charge is 0.408 e. The summed E-state index contributed by atoms with van der Waals surface area (Å²) in [7, 11) is 0. The normalized spacial score (nSPS) is 12.5. The van der Waals surface area contributed by atoms with Gasteiger partial charge in [-0.2, -0.15) is 0 Å². The van der Waals surface area contributed by atoms with E-state index in [1.165, 1.54) is 0 Å². The van der Waals surface area contributed by atoms with E-state index in [0.29, 0.717) is 11.5 Å². The van der Waals surface area contributed by atoms with E-state index in [4.69, 9.17) is 9.26 Å². The van der Waals surface area contributed by atoms with Crippen molar-refractivity contribution in [1.29, 1.82) is 0 Å². The predicted octanol–water partition coefficient (Wildman–Crippen LogP) is 2.86. The highest BCUT2D eigenvalue weighted by Gasteiger charge is 2.25. The molecule has 1 unspecified atom stereocenters. The van der Waals surface area contributed by atoms with E-state index >= 15 is 0 Å². The Morgan fingerprint density at radius 2 is 1.96 bits per heavy atom. The van der Waals surface area contributed by atoms with Crippen LogP contribution >= 0.6 is 0 Å². The number of amides is 1. The Labute approximate surface area is 139 Å². The van der Waals surface area contributed by atoms with Gasteiger partial charge in [0.25, 0.3) is 0 Å². The summed E-state index contributed by atoms with van der Waals surface area (Å²) in [6.07, 6.45) is -0.799. The monoisotopic (exact) mass is 332 g/mol. The minimum absolute atomic E-state index is 0.00902. The number of carboxylic acid groups (broad SMARTS) is 1. The molecule has 1 aromatic carbocycles. The number of carbonyl (C=O) groups excluding carboxylic acids is 1. The molecule has 7 heteroatoms. The molecule has 2 aromatic rings. The maximum atomic E-state index is 11.7. The van der Waals surface area contributed by atoms with Crippen LogP contribution in [0.25, 0.3) is 11.3 Å². The Bertz CT molecular complexity index is 703. The van der Waals surface area contributed by atoms with Crippen LogP contribution in [-0.4, -0.2) is 34.0 Å². The van der Waals surface area contributed by atoms with Crippen molar-refractivity contribution in [3.8, 4) is 11.3 Å². The maximum Gasteiger partial charge on any atom is 0.408 e. The molecule has 0 aliphatic carbocycles. The highest BCUT2D eigenvalue weighted by atomic mass is 16.6. The highest BCUT2D eigenvalue weighted by Crippen LogP contribution is 2.20. The molecule has 0 saturated heterocycles. The van der Waals surface area contributed by atoms with Crippen LogP contribution in [-0.2, 0) is 16.0 Å². The first-order valence-corrected chi connectivity index (χ1v) is 7.48. The summed E-state index contributed by atoms with van der Waals surface area (Å²) in [6, 6.07) is 9.82. The van der Waals surface area contributed by atoms with Crippen molar-refractivity contribution >= 4 is 12.1 Å². The summed E-state index contributed by atoms with van der Waals surface area (Å²) < 4.78 is 10.3. The number of carbonyl (C=O) groups is 2. The number of alkyl carbamates (subject to hydrolysis) is 1. The Morgan fingerprint density at radius 1 is 1.29 bits per heavy atom. The van der Waals surface area contributed by atoms with Crippen molar-refractivity contribution in [2.24, 2.45) is 0 Å². The van der Waals surface area contributed by atoms with Crippen LogP contribution in [0.1, 0.15) is 26.5 Å². The summed E-state index contributed by atoms with van der Waals surface area (Å²) in [5.74, 6) is -0.642. The van der Waals surface area contributed by atoms with E-state index in [-0.39, 0.29) is 6.42 Å². The van der Waals surface area contributed by atoms with Gasteiger partial charge in [0.1, 0.15) is 11.6 Å². The van der Waals surface area contributed by atoms with Gasteiger partial charge >= 0.3 is 12.1 Å². The molecular weight excluding hydrogens is 312 g/mol. The molecule has 128 valence electrons. The minimum atomic E-state index is -1.18. The zero-order chi connectivity index (χ0) is 17.7. The van der Waals surface area contributed by atoms with Gasteiger partial charge in [0.2, 0.25) is 0 Å². The summed E-state index contributed by atoms with van der Waals surface area (Å²) in [5.41, 5.74) is 0.558. The summed E-state index contributed by atoms with van der Waals surface area (Å²) >= 11 is 0. The first-order chi connectivity index (χ1) is 11.2. The van der Waals surface area contributed by atoms with Gasteiger partial charge in [-0.3, -0.25) is 0 Å². The van der Waals surface area contributed by atoms with Gasteiger partial charge < -0.3 is 19.7 Å². The van der Waals surface area contributed by atoms with Crippen LogP contribution in [0, 0.1) is 0 Å². The van der Waals surface area contributed by atoms with E-state index in [2.05, 4.69) is 10.5 Å². The van der Waals surface area contributed by atoms with Gasteiger partial charge in [0, 0.05) is 18.1 Å². The van der Waals surface area contributed by atoms with E-state index in [1.807, 2.05) is 30.3 Å². The lowest BCUT2D eigenvalue weighted by atomic mass is 10.1. The third-order valence-electron chi connectivity index (χ3n) is 3.02. The van der Waals surface area contributed by atoms with E-state index in [9.17, 15) is 14.7 Å².